The monoisotopic (exact) mass is 328 g/mol. The molecule has 0 aliphatic carbocycles. The van der Waals surface area contributed by atoms with E-state index in [0.717, 1.165) is 12.1 Å². The third-order valence-electron chi connectivity index (χ3n) is 3.45. The highest BCUT2D eigenvalue weighted by Crippen LogP contribution is 2.22. The molecule has 0 aliphatic heterocycles. The van der Waals surface area contributed by atoms with Crippen molar-refractivity contribution in [3.05, 3.63) is 58.8 Å². The quantitative estimate of drug-likeness (QED) is 0.753. The van der Waals surface area contributed by atoms with Gasteiger partial charge in [0, 0.05) is 26.4 Å². The summed E-state index contributed by atoms with van der Waals surface area (Å²) in [5.74, 6) is -0.390. The van der Waals surface area contributed by atoms with Gasteiger partial charge in [-0.15, -0.1) is 4.91 Å². The highest BCUT2D eigenvalue weighted by Gasteiger charge is 2.14. The molecule has 0 saturated heterocycles. The van der Waals surface area contributed by atoms with Crippen LogP contribution < -0.4 is 5.32 Å². The molecule has 7 nitrogen and oxygen atoms in total. The number of pyridine rings is 1. The molecule has 0 bridgehead atoms. The number of nitroso groups, excluding NO2 is 1. The van der Waals surface area contributed by atoms with Crippen molar-refractivity contribution in [1.29, 1.82) is 0 Å². The van der Waals surface area contributed by atoms with E-state index in [9.17, 15) is 9.70 Å². The minimum atomic E-state index is -0.390. The largest absolute Gasteiger partial charge is 0.383 e. The van der Waals surface area contributed by atoms with E-state index in [1.165, 1.54) is 6.20 Å². The minimum Gasteiger partial charge on any atom is -0.383 e. The maximum Gasteiger partial charge on any atom is 0.258 e. The van der Waals surface area contributed by atoms with Crippen LogP contribution in [0.5, 0.6) is 0 Å². The molecule has 0 fully saturated rings. The van der Waals surface area contributed by atoms with Gasteiger partial charge in [0.25, 0.3) is 5.91 Å². The van der Waals surface area contributed by atoms with Crippen LogP contribution in [0.1, 0.15) is 15.9 Å². The first-order valence-electron chi connectivity index (χ1n) is 7.49. The summed E-state index contributed by atoms with van der Waals surface area (Å²) in [5, 5.41) is 5.66. The van der Waals surface area contributed by atoms with Crippen LogP contribution in [-0.4, -0.2) is 43.1 Å². The lowest BCUT2D eigenvalue weighted by atomic mass is 10.1. The van der Waals surface area contributed by atoms with E-state index in [1.54, 1.807) is 43.6 Å². The summed E-state index contributed by atoms with van der Waals surface area (Å²) in [7, 11) is 3.61. The summed E-state index contributed by atoms with van der Waals surface area (Å²) in [6, 6.07) is 8.48. The number of methoxy groups -OCH3 is 1. The predicted molar refractivity (Wildman–Crippen MR) is 92.3 cm³/mol. The van der Waals surface area contributed by atoms with Gasteiger partial charge in [-0.05, 0) is 42.1 Å². The van der Waals surface area contributed by atoms with Crippen LogP contribution in [0, 0.1) is 4.91 Å². The van der Waals surface area contributed by atoms with E-state index in [4.69, 9.17) is 4.74 Å². The summed E-state index contributed by atoms with van der Waals surface area (Å²) in [6.07, 6.45) is 3.15. The number of amides is 1. The van der Waals surface area contributed by atoms with Crippen molar-refractivity contribution in [3.63, 3.8) is 0 Å². The maximum atomic E-state index is 12.4. The van der Waals surface area contributed by atoms with Gasteiger partial charge >= 0.3 is 0 Å². The van der Waals surface area contributed by atoms with Crippen LogP contribution in [0.15, 0.2) is 47.9 Å². The molecule has 7 heteroatoms. The van der Waals surface area contributed by atoms with E-state index in [-0.39, 0.29) is 17.2 Å². The van der Waals surface area contributed by atoms with Crippen molar-refractivity contribution >= 4 is 17.3 Å². The molecule has 1 heterocycles. The first kappa shape index (κ1) is 17.7. The Morgan fingerprint density at radius 1 is 1.38 bits per heavy atom. The molecule has 0 atom stereocenters. The first-order chi connectivity index (χ1) is 11.6. The fourth-order valence-electron chi connectivity index (χ4n) is 2.22. The number of benzene rings is 1. The highest BCUT2D eigenvalue weighted by molar-refractivity contribution is 6.07. The Kier molecular flexibility index (Phi) is 6.53. The topological polar surface area (TPSA) is 83.9 Å². The number of ether oxygens (including phenoxy) is 1. The zero-order valence-electron chi connectivity index (χ0n) is 13.7. The van der Waals surface area contributed by atoms with E-state index in [2.05, 4.69) is 20.4 Å². The fourth-order valence-corrected chi connectivity index (χ4v) is 2.22. The smallest absolute Gasteiger partial charge is 0.258 e. The third kappa shape index (κ3) is 4.94. The number of hydrogen-bond acceptors (Lipinski definition) is 6. The van der Waals surface area contributed by atoms with Crippen molar-refractivity contribution in [1.82, 2.24) is 9.88 Å². The number of nitrogens with zero attached hydrogens (tertiary/aromatic N) is 3. The SMILES string of the molecule is COCCN(C)Cc1ccc(N=O)c(C(=O)Nc2cccnc2)c1. The van der Waals surface area contributed by atoms with E-state index >= 15 is 0 Å². The number of nitrogens with one attached hydrogen (secondary N) is 1. The number of aromatic nitrogens is 1. The molecule has 126 valence electrons. The summed E-state index contributed by atoms with van der Waals surface area (Å²) in [6.45, 7) is 2.02. The third-order valence-corrected chi connectivity index (χ3v) is 3.45. The second kappa shape index (κ2) is 8.85. The molecule has 1 aromatic carbocycles. The summed E-state index contributed by atoms with van der Waals surface area (Å²) >= 11 is 0. The van der Waals surface area contributed by atoms with Crippen LogP contribution in [-0.2, 0) is 11.3 Å². The van der Waals surface area contributed by atoms with Gasteiger partial charge in [-0.3, -0.25) is 14.7 Å². The van der Waals surface area contributed by atoms with Crippen molar-refractivity contribution in [2.24, 2.45) is 5.18 Å². The van der Waals surface area contributed by atoms with Gasteiger partial charge in [-0.1, -0.05) is 6.07 Å². The average molecular weight is 328 g/mol. The number of hydrogen-bond donors (Lipinski definition) is 1. The molecule has 2 aromatic rings. The molecule has 1 N–H and O–H groups in total. The summed E-state index contributed by atoms with van der Waals surface area (Å²) in [4.78, 5) is 29.4. The van der Waals surface area contributed by atoms with Gasteiger partial charge in [-0.2, -0.15) is 0 Å². The first-order valence-corrected chi connectivity index (χ1v) is 7.49. The molecular weight excluding hydrogens is 308 g/mol. The maximum absolute atomic E-state index is 12.4. The molecule has 24 heavy (non-hydrogen) atoms. The van der Waals surface area contributed by atoms with Crippen molar-refractivity contribution in [3.8, 4) is 0 Å². The highest BCUT2D eigenvalue weighted by atomic mass is 16.5. The van der Waals surface area contributed by atoms with E-state index < -0.39 is 0 Å². The van der Waals surface area contributed by atoms with E-state index in [1.807, 2.05) is 7.05 Å². The molecule has 0 radical (unpaired) electrons. The average Bonchev–Trinajstić information content (AvgIpc) is 2.60. The minimum absolute atomic E-state index is 0.111. The lowest BCUT2D eigenvalue weighted by Crippen LogP contribution is -2.22. The molecule has 0 aliphatic rings. The molecule has 2 rings (SSSR count). The Bertz CT molecular complexity index is 691. The molecule has 0 saturated carbocycles. The number of anilines is 1. The van der Waals surface area contributed by atoms with Gasteiger partial charge < -0.3 is 10.1 Å². The molecule has 0 unspecified atom stereocenters. The Morgan fingerprint density at radius 3 is 2.88 bits per heavy atom. The second-order valence-corrected chi connectivity index (χ2v) is 5.37. The van der Waals surface area contributed by atoms with Gasteiger partial charge in [0.05, 0.1) is 24.1 Å². The number of carbonyl (C=O) groups excluding carboxylic acids is 1. The zero-order chi connectivity index (χ0) is 17.4. The standard InChI is InChI=1S/C17H20N4O3/c1-21(8-9-24-2)12-13-5-6-16(20-23)15(10-13)17(22)19-14-4-3-7-18-11-14/h3-7,10-11H,8-9,12H2,1-2H3,(H,19,22). The lowest BCUT2D eigenvalue weighted by molar-refractivity contribution is 0.102. The van der Waals surface area contributed by atoms with Gasteiger partial charge in [-0.25, -0.2) is 0 Å². The molecule has 0 spiro atoms. The number of likely N-dealkylation sites (N-methyl/N-ethyl adjacent to an activating group) is 1. The van der Waals surface area contributed by atoms with Gasteiger partial charge in [0.2, 0.25) is 0 Å². The van der Waals surface area contributed by atoms with Gasteiger partial charge in [0.15, 0.2) is 0 Å². The van der Waals surface area contributed by atoms with Crippen LogP contribution in [0.25, 0.3) is 0 Å². The molecule has 1 amide bonds. The van der Waals surface area contributed by atoms with Crippen LogP contribution in [0.3, 0.4) is 0 Å². The lowest BCUT2D eigenvalue weighted by Gasteiger charge is -2.16. The van der Waals surface area contributed by atoms with Crippen molar-refractivity contribution < 1.29 is 9.53 Å². The summed E-state index contributed by atoms with van der Waals surface area (Å²) in [5.41, 5.74) is 1.82. The Balaban J connectivity index is 2.16. The number of rotatable bonds is 8. The van der Waals surface area contributed by atoms with Gasteiger partial charge in [0.1, 0.15) is 5.69 Å². The Hall–Kier alpha value is -2.64. The second-order valence-electron chi connectivity index (χ2n) is 5.37. The summed E-state index contributed by atoms with van der Waals surface area (Å²) < 4.78 is 5.05. The Labute approximate surface area is 140 Å². The van der Waals surface area contributed by atoms with Crippen LogP contribution in [0.2, 0.25) is 0 Å². The number of carbonyl (C=O) groups is 1. The fraction of sp³-hybridized carbons (Fsp3) is 0.294. The molecule has 1 aromatic heterocycles. The van der Waals surface area contributed by atoms with Crippen LogP contribution >= 0.6 is 0 Å². The Morgan fingerprint density at radius 2 is 2.21 bits per heavy atom. The van der Waals surface area contributed by atoms with Crippen molar-refractivity contribution in [2.75, 3.05) is 32.6 Å². The van der Waals surface area contributed by atoms with E-state index in [0.29, 0.717) is 18.8 Å². The van der Waals surface area contributed by atoms with Crippen LogP contribution in [0.4, 0.5) is 11.4 Å². The zero-order valence-corrected chi connectivity index (χ0v) is 13.7. The molecular formula is C17H20N4O3. The van der Waals surface area contributed by atoms with Crippen molar-refractivity contribution in [2.45, 2.75) is 6.54 Å². The predicted octanol–water partition coefficient (Wildman–Crippen LogP) is 2.81. The normalized spacial score (nSPS) is 10.6.